The van der Waals surface area contributed by atoms with Gasteiger partial charge in [0.15, 0.2) is 0 Å². The summed E-state index contributed by atoms with van der Waals surface area (Å²) in [6.07, 6.45) is 0. The summed E-state index contributed by atoms with van der Waals surface area (Å²) in [6, 6.07) is 5.36. The van der Waals surface area contributed by atoms with E-state index in [1.807, 2.05) is 6.07 Å². The lowest BCUT2D eigenvalue weighted by atomic mass is 10.3. The number of aryl methyl sites for hydroxylation is 1. The second-order valence-corrected chi connectivity index (χ2v) is 5.89. The smallest absolute Gasteiger partial charge is 0.333 e. The molecule has 1 aromatic heterocycles. The number of benzene rings is 1. The molecule has 20 heavy (non-hydrogen) atoms. The van der Waals surface area contributed by atoms with Gasteiger partial charge in [-0.15, -0.1) is 0 Å². The molecule has 2 aromatic rings. The van der Waals surface area contributed by atoms with Crippen LogP contribution in [0.15, 0.2) is 27.1 Å². The molecule has 1 aromatic carbocycles. The van der Waals surface area contributed by atoms with Crippen molar-refractivity contribution in [2.24, 2.45) is 0 Å². The van der Waals surface area contributed by atoms with Crippen molar-refractivity contribution in [2.75, 3.05) is 5.32 Å². The molecule has 0 fully saturated rings. The standard InChI is InChI=1S/C11H7Br2ClN4O2/c1-5-15-10(14)9(18(19)20)11(16-5)17-8-3-2-6(12)4-7(8)13/h2-4H,1H3,(H,15,16,17). The van der Waals surface area contributed by atoms with E-state index >= 15 is 0 Å². The van der Waals surface area contributed by atoms with Gasteiger partial charge in [-0.05, 0) is 41.1 Å². The van der Waals surface area contributed by atoms with Crippen LogP contribution in [-0.2, 0) is 0 Å². The molecule has 0 atom stereocenters. The highest BCUT2D eigenvalue weighted by Crippen LogP contribution is 2.34. The summed E-state index contributed by atoms with van der Waals surface area (Å²) in [4.78, 5) is 18.3. The number of nitrogens with one attached hydrogen (secondary N) is 1. The van der Waals surface area contributed by atoms with E-state index in [9.17, 15) is 10.1 Å². The maximum absolute atomic E-state index is 11.1. The van der Waals surface area contributed by atoms with E-state index in [4.69, 9.17) is 11.6 Å². The zero-order valence-electron chi connectivity index (χ0n) is 10.0. The second kappa shape index (κ2) is 6.02. The number of hydrogen-bond acceptors (Lipinski definition) is 5. The molecule has 0 saturated heterocycles. The summed E-state index contributed by atoms with van der Waals surface area (Å²) in [5.74, 6) is 0.395. The molecule has 0 bridgehead atoms. The predicted octanol–water partition coefficient (Wildman–Crippen LogP) is 4.62. The average Bonchev–Trinajstić information content (AvgIpc) is 2.31. The third-order valence-corrected chi connectivity index (χ3v) is 3.73. The molecule has 2 rings (SSSR count). The number of aromatic nitrogens is 2. The molecular weight excluding hydrogens is 415 g/mol. The monoisotopic (exact) mass is 420 g/mol. The minimum absolute atomic E-state index is 0.0514. The first-order valence-corrected chi connectivity index (χ1v) is 7.25. The molecule has 1 heterocycles. The molecule has 104 valence electrons. The first kappa shape index (κ1) is 15.1. The van der Waals surface area contributed by atoms with Crippen LogP contribution in [0, 0.1) is 17.0 Å². The number of hydrogen-bond donors (Lipinski definition) is 1. The summed E-state index contributed by atoms with van der Waals surface area (Å²) >= 11 is 12.5. The lowest BCUT2D eigenvalue weighted by molar-refractivity contribution is -0.384. The summed E-state index contributed by atoms with van der Waals surface area (Å²) in [5.41, 5.74) is 0.276. The van der Waals surface area contributed by atoms with Crippen molar-refractivity contribution in [2.45, 2.75) is 6.92 Å². The van der Waals surface area contributed by atoms with Crippen molar-refractivity contribution in [1.82, 2.24) is 9.97 Å². The van der Waals surface area contributed by atoms with Gasteiger partial charge in [0.25, 0.3) is 0 Å². The Hall–Kier alpha value is -1.25. The highest BCUT2D eigenvalue weighted by atomic mass is 79.9. The normalized spacial score (nSPS) is 10.4. The van der Waals surface area contributed by atoms with Crippen molar-refractivity contribution < 1.29 is 4.92 Å². The van der Waals surface area contributed by atoms with Gasteiger partial charge in [-0.1, -0.05) is 27.5 Å². The van der Waals surface area contributed by atoms with E-state index in [-0.39, 0.29) is 16.7 Å². The topological polar surface area (TPSA) is 81.0 Å². The fourth-order valence-corrected chi connectivity index (χ4v) is 2.93. The van der Waals surface area contributed by atoms with Crippen LogP contribution >= 0.6 is 43.5 Å². The Morgan fingerprint density at radius 3 is 2.65 bits per heavy atom. The molecule has 0 aliphatic heterocycles. The van der Waals surface area contributed by atoms with Crippen LogP contribution in [-0.4, -0.2) is 14.9 Å². The zero-order chi connectivity index (χ0) is 14.9. The molecule has 0 amide bonds. The van der Waals surface area contributed by atoms with Crippen molar-refractivity contribution in [1.29, 1.82) is 0 Å². The Balaban J connectivity index is 2.50. The van der Waals surface area contributed by atoms with E-state index < -0.39 is 4.92 Å². The average molecular weight is 422 g/mol. The van der Waals surface area contributed by atoms with Gasteiger partial charge in [0.05, 0.1) is 10.6 Å². The van der Waals surface area contributed by atoms with E-state index in [1.165, 1.54) is 0 Å². The van der Waals surface area contributed by atoms with Crippen LogP contribution in [0.4, 0.5) is 17.2 Å². The van der Waals surface area contributed by atoms with Gasteiger partial charge in [0, 0.05) is 8.95 Å². The van der Waals surface area contributed by atoms with Gasteiger partial charge in [-0.2, -0.15) is 0 Å². The van der Waals surface area contributed by atoms with E-state index in [1.54, 1.807) is 19.1 Å². The highest BCUT2D eigenvalue weighted by Gasteiger charge is 2.23. The van der Waals surface area contributed by atoms with Gasteiger partial charge in [0.2, 0.25) is 11.0 Å². The highest BCUT2D eigenvalue weighted by molar-refractivity contribution is 9.11. The fourth-order valence-electron chi connectivity index (χ4n) is 1.50. The molecule has 0 unspecified atom stereocenters. The first-order valence-electron chi connectivity index (χ1n) is 5.29. The number of nitro groups is 1. The molecule has 0 spiro atoms. The molecule has 1 N–H and O–H groups in total. The van der Waals surface area contributed by atoms with Crippen molar-refractivity contribution in [3.05, 3.63) is 48.2 Å². The lowest BCUT2D eigenvalue weighted by Gasteiger charge is -2.09. The van der Waals surface area contributed by atoms with Crippen molar-refractivity contribution >= 4 is 60.7 Å². The molecule has 0 radical (unpaired) electrons. The minimum atomic E-state index is -0.614. The number of halogens is 3. The van der Waals surface area contributed by atoms with Crippen LogP contribution in [0.5, 0.6) is 0 Å². The zero-order valence-corrected chi connectivity index (χ0v) is 14.0. The SMILES string of the molecule is Cc1nc(Cl)c([N+](=O)[O-])c(Nc2ccc(Br)cc2Br)n1. The van der Waals surface area contributed by atoms with Gasteiger partial charge in [0.1, 0.15) is 5.82 Å². The second-order valence-electron chi connectivity index (χ2n) is 3.77. The van der Waals surface area contributed by atoms with E-state index in [0.717, 1.165) is 8.95 Å². The third kappa shape index (κ3) is 3.25. The van der Waals surface area contributed by atoms with E-state index in [0.29, 0.717) is 11.5 Å². The summed E-state index contributed by atoms with van der Waals surface area (Å²) in [6.45, 7) is 1.61. The van der Waals surface area contributed by atoms with Crippen LogP contribution in [0.25, 0.3) is 0 Å². The maximum Gasteiger partial charge on any atom is 0.348 e. The van der Waals surface area contributed by atoms with Crippen LogP contribution < -0.4 is 5.32 Å². The minimum Gasteiger partial charge on any atom is -0.333 e. The van der Waals surface area contributed by atoms with Gasteiger partial charge in [-0.25, -0.2) is 9.97 Å². The quantitative estimate of drug-likeness (QED) is 0.444. The summed E-state index contributed by atoms with van der Waals surface area (Å²) in [5, 5.41) is 13.8. The predicted molar refractivity (Wildman–Crippen MR) is 83.6 cm³/mol. The van der Waals surface area contributed by atoms with Gasteiger partial charge >= 0.3 is 5.69 Å². The lowest BCUT2D eigenvalue weighted by Crippen LogP contribution is -2.04. The van der Waals surface area contributed by atoms with Gasteiger partial charge < -0.3 is 5.32 Å². The number of rotatable bonds is 3. The maximum atomic E-state index is 11.1. The van der Waals surface area contributed by atoms with Crippen molar-refractivity contribution in [3.8, 4) is 0 Å². The number of anilines is 2. The molecule has 6 nitrogen and oxygen atoms in total. The first-order chi connectivity index (χ1) is 9.38. The summed E-state index contributed by atoms with van der Waals surface area (Å²) in [7, 11) is 0. The van der Waals surface area contributed by atoms with Crippen LogP contribution in [0.2, 0.25) is 5.15 Å². The Bertz CT molecular complexity index is 696. The van der Waals surface area contributed by atoms with E-state index in [2.05, 4.69) is 47.1 Å². The Labute approximate surface area is 136 Å². The molecule has 9 heteroatoms. The molecule has 0 aliphatic carbocycles. The Kier molecular flexibility index (Phi) is 4.56. The molecule has 0 aliphatic rings. The molecule has 0 saturated carbocycles. The fraction of sp³-hybridized carbons (Fsp3) is 0.0909. The van der Waals surface area contributed by atoms with Crippen molar-refractivity contribution in [3.63, 3.8) is 0 Å². The largest absolute Gasteiger partial charge is 0.348 e. The summed E-state index contributed by atoms with van der Waals surface area (Å²) < 4.78 is 1.61. The van der Waals surface area contributed by atoms with Gasteiger partial charge in [-0.3, -0.25) is 10.1 Å². The third-order valence-electron chi connectivity index (χ3n) is 2.32. The molecular formula is C11H7Br2ClN4O2. The Morgan fingerprint density at radius 1 is 1.35 bits per heavy atom. The van der Waals surface area contributed by atoms with Crippen LogP contribution in [0.3, 0.4) is 0 Å². The van der Waals surface area contributed by atoms with Crippen LogP contribution in [0.1, 0.15) is 5.82 Å². The Morgan fingerprint density at radius 2 is 2.05 bits per heavy atom. The number of nitrogens with zero attached hydrogens (tertiary/aromatic N) is 3.